The summed E-state index contributed by atoms with van der Waals surface area (Å²) in [5.74, 6) is -0.0135. The molecule has 0 atom stereocenters. The Morgan fingerprint density at radius 3 is 2.86 bits per heavy atom. The van der Waals surface area contributed by atoms with Crippen LogP contribution in [-0.4, -0.2) is 6.29 Å². The second-order valence-electron chi connectivity index (χ2n) is 2.85. The van der Waals surface area contributed by atoms with Gasteiger partial charge < -0.3 is 10.2 Å². The lowest BCUT2D eigenvalue weighted by Crippen LogP contribution is -2.02. The SMILES string of the molecule is Nc1cccc2c(=O)cc(C=O)oc12. The minimum absolute atomic E-state index is 0.0135. The van der Waals surface area contributed by atoms with E-state index in [0.717, 1.165) is 6.07 Å². The van der Waals surface area contributed by atoms with Crippen molar-refractivity contribution in [1.29, 1.82) is 0 Å². The molecule has 1 aromatic carbocycles. The number of rotatable bonds is 1. The number of carbonyl (C=O) groups is 1. The third-order valence-electron chi connectivity index (χ3n) is 1.92. The maximum Gasteiger partial charge on any atom is 0.193 e. The summed E-state index contributed by atoms with van der Waals surface area (Å²) < 4.78 is 5.13. The van der Waals surface area contributed by atoms with E-state index in [1.807, 2.05) is 0 Å². The number of hydrogen-bond acceptors (Lipinski definition) is 4. The summed E-state index contributed by atoms with van der Waals surface area (Å²) in [5.41, 5.74) is 5.95. The van der Waals surface area contributed by atoms with Crippen LogP contribution in [0.25, 0.3) is 11.0 Å². The predicted octanol–water partition coefficient (Wildman–Crippen LogP) is 1.19. The van der Waals surface area contributed by atoms with Gasteiger partial charge in [0.1, 0.15) is 0 Å². The maximum absolute atomic E-state index is 11.4. The third kappa shape index (κ3) is 1.17. The average molecular weight is 189 g/mol. The highest BCUT2D eigenvalue weighted by Crippen LogP contribution is 2.18. The van der Waals surface area contributed by atoms with E-state index in [1.165, 1.54) is 0 Å². The minimum Gasteiger partial charge on any atom is -0.451 e. The third-order valence-corrected chi connectivity index (χ3v) is 1.92. The van der Waals surface area contributed by atoms with E-state index in [0.29, 0.717) is 17.4 Å². The largest absolute Gasteiger partial charge is 0.451 e. The smallest absolute Gasteiger partial charge is 0.193 e. The summed E-state index contributed by atoms with van der Waals surface area (Å²) in [6.45, 7) is 0. The van der Waals surface area contributed by atoms with Crippen LogP contribution < -0.4 is 11.2 Å². The van der Waals surface area contributed by atoms with Crippen molar-refractivity contribution in [3.8, 4) is 0 Å². The molecule has 0 radical (unpaired) electrons. The first-order chi connectivity index (χ1) is 6.72. The average Bonchev–Trinajstić information content (AvgIpc) is 2.19. The van der Waals surface area contributed by atoms with Gasteiger partial charge in [-0.3, -0.25) is 9.59 Å². The fourth-order valence-corrected chi connectivity index (χ4v) is 1.28. The number of nitrogens with two attached hydrogens (primary N) is 1. The van der Waals surface area contributed by atoms with Crippen LogP contribution in [0.2, 0.25) is 0 Å². The van der Waals surface area contributed by atoms with Gasteiger partial charge in [0.05, 0.1) is 11.1 Å². The van der Waals surface area contributed by atoms with Crippen molar-refractivity contribution in [2.45, 2.75) is 0 Å². The van der Waals surface area contributed by atoms with Crippen LogP contribution in [0.5, 0.6) is 0 Å². The Balaban J connectivity index is 2.97. The highest BCUT2D eigenvalue weighted by Gasteiger charge is 2.05. The van der Waals surface area contributed by atoms with Gasteiger partial charge in [0.15, 0.2) is 23.1 Å². The molecule has 0 saturated heterocycles. The highest BCUT2D eigenvalue weighted by atomic mass is 16.3. The molecule has 4 nitrogen and oxygen atoms in total. The fraction of sp³-hybridized carbons (Fsp3) is 0. The molecule has 0 saturated carbocycles. The molecule has 0 aliphatic carbocycles. The molecule has 0 amide bonds. The van der Waals surface area contributed by atoms with Gasteiger partial charge in [0, 0.05) is 6.07 Å². The quantitative estimate of drug-likeness (QED) is 0.540. The normalized spacial score (nSPS) is 10.3. The Kier molecular flexibility index (Phi) is 1.81. The number of carbonyl (C=O) groups excluding carboxylic acids is 1. The van der Waals surface area contributed by atoms with Gasteiger partial charge in [-0.15, -0.1) is 0 Å². The van der Waals surface area contributed by atoms with E-state index >= 15 is 0 Å². The first kappa shape index (κ1) is 8.50. The van der Waals surface area contributed by atoms with Crippen molar-refractivity contribution >= 4 is 22.9 Å². The second kappa shape index (κ2) is 2.99. The van der Waals surface area contributed by atoms with E-state index in [1.54, 1.807) is 18.2 Å². The number of hydrogen-bond donors (Lipinski definition) is 1. The van der Waals surface area contributed by atoms with E-state index < -0.39 is 0 Å². The zero-order valence-corrected chi connectivity index (χ0v) is 7.19. The lowest BCUT2D eigenvalue weighted by atomic mass is 10.2. The number of benzene rings is 1. The Morgan fingerprint density at radius 1 is 1.36 bits per heavy atom. The molecule has 2 rings (SSSR count). The lowest BCUT2D eigenvalue weighted by Gasteiger charge is -1.99. The van der Waals surface area contributed by atoms with Crippen molar-refractivity contribution in [1.82, 2.24) is 0 Å². The number of aldehydes is 1. The van der Waals surface area contributed by atoms with Crippen molar-refractivity contribution in [3.63, 3.8) is 0 Å². The molecule has 2 aromatic rings. The van der Waals surface area contributed by atoms with Gasteiger partial charge in [-0.25, -0.2) is 0 Å². The molecule has 0 unspecified atom stereocenters. The van der Waals surface area contributed by atoms with E-state index in [9.17, 15) is 9.59 Å². The summed E-state index contributed by atoms with van der Waals surface area (Å²) in [6, 6.07) is 6.02. The zero-order chi connectivity index (χ0) is 10.1. The fourth-order valence-electron chi connectivity index (χ4n) is 1.28. The topological polar surface area (TPSA) is 73.3 Å². The van der Waals surface area contributed by atoms with Gasteiger partial charge in [0.2, 0.25) is 0 Å². The van der Waals surface area contributed by atoms with Crippen LogP contribution in [-0.2, 0) is 0 Å². The molecule has 0 aliphatic heterocycles. The van der Waals surface area contributed by atoms with Crippen molar-refractivity contribution in [2.24, 2.45) is 0 Å². The van der Waals surface area contributed by atoms with Crippen molar-refractivity contribution in [2.75, 3.05) is 5.73 Å². The molecule has 1 heterocycles. The van der Waals surface area contributed by atoms with Gasteiger partial charge in [-0.05, 0) is 12.1 Å². The molecular formula is C10H7NO3. The van der Waals surface area contributed by atoms with Crippen LogP contribution in [0.4, 0.5) is 5.69 Å². The van der Waals surface area contributed by atoms with Crippen LogP contribution in [0.1, 0.15) is 10.6 Å². The molecule has 70 valence electrons. The van der Waals surface area contributed by atoms with Crippen LogP contribution in [0.3, 0.4) is 0 Å². The molecular weight excluding hydrogens is 182 g/mol. The van der Waals surface area contributed by atoms with E-state index in [2.05, 4.69) is 0 Å². The van der Waals surface area contributed by atoms with Crippen LogP contribution in [0, 0.1) is 0 Å². The summed E-state index contributed by atoms with van der Waals surface area (Å²) in [5, 5.41) is 0.385. The zero-order valence-electron chi connectivity index (χ0n) is 7.19. The summed E-state index contributed by atoms with van der Waals surface area (Å²) >= 11 is 0. The Morgan fingerprint density at radius 2 is 2.14 bits per heavy atom. The minimum atomic E-state index is -0.263. The molecule has 0 bridgehead atoms. The molecule has 2 N–H and O–H groups in total. The molecule has 1 aromatic heterocycles. The standard InChI is InChI=1S/C10H7NO3/c11-8-3-1-2-7-9(13)4-6(5-12)14-10(7)8/h1-5H,11H2. The van der Waals surface area contributed by atoms with Crippen LogP contribution >= 0.6 is 0 Å². The molecule has 14 heavy (non-hydrogen) atoms. The number of para-hydroxylation sites is 1. The maximum atomic E-state index is 11.4. The first-order valence-corrected chi connectivity index (χ1v) is 4.00. The summed E-state index contributed by atoms with van der Waals surface area (Å²) in [6.07, 6.45) is 0.479. The Bertz CT molecular complexity index is 557. The molecule has 0 spiro atoms. The molecule has 0 aliphatic rings. The predicted molar refractivity (Wildman–Crippen MR) is 52.3 cm³/mol. The highest BCUT2D eigenvalue weighted by molar-refractivity contribution is 5.88. The van der Waals surface area contributed by atoms with E-state index in [-0.39, 0.29) is 16.8 Å². The summed E-state index contributed by atoms with van der Waals surface area (Å²) in [4.78, 5) is 21.9. The van der Waals surface area contributed by atoms with Gasteiger partial charge in [-0.1, -0.05) is 6.07 Å². The van der Waals surface area contributed by atoms with Gasteiger partial charge >= 0.3 is 0 Å². The van der Waals surface area contributed by atoms with Crippen molar-refractivity contribution in [3.05, 3.63) is 40.2 Å². The molecule has 4 heteroatoms. The lowest BCUT2D eigenvalue weighted by molar-refractivity contribution is 0.110. The van der Waals surface area contributed by atoms with Crippen molar-refractivity contribution < 1.29 is 9.21 Å². The Labute approximate surface area is 78.9 Å². The first-order valence-electron chi connectivity index (χ1n) is 4.00. The Hall–Kier alpha value is -2.10. The van der Waals surface area contributed by atoms with Gasteiger partial charge in [0.25, 0.3) is 0 Å². The monoisotopic (exact) mass is 189 g/mol. The van der Waals surface area contributed by atoms with Gasteiger partial charge in [-0.2, -0.15) is 0 Å². The number of anilines is 1. The second-order valence-corrected chi connectivity index (χ2v) is 2.85. The number of fused-ring (bicyclic) bond motifs is 1. The molecule has 0 fully saturated rings. The van der Waals surface area contributed by atoms with Crippen LogP contribution in [0.15, 0.2) is 33.5 Å². The number of nitrogen functional groups attached to an aromatic ring is 1. The summed E-state index contributed by atoms with van der Waals surface area (Å²) in [7, 11) is 0. The van der Waals surface area contributed by atoms with E-state index in [4.69, 9.17) is 10.2 Å².